The Morgan fingerprint density at radius 2 is 1.72 bits per heavy atom. The van der Waals surface area contributed by atoms with Gasteiger partial charge in [-0.05, 0) is 35.9 Å². The maximum absolute atomic E-state index is 14.8. The van der Waals surface area contributed by atoms with Crippen molar-refractivity contribution in [3.63, 3.8) is 0 Å². The van der Waals surface area contributed by atoms with Crippen molar-refractivity contribution >= 4 is 34.8 Å². The summed E-state index contributed by atoms with van der Waals surface area (Å²) in [6.07, 6.45) is -1.17. The van der Waals surface area contributed by atoms with Crippen molar-refractivity contribution < 1.29 is 22.4 Å². The Balaban J connectivity index is 1.65. The van der Waals surface area contributed by atoms with Crippen molar-refractivity contribution in [1.29, 1.82) is 0 Å². The number of carbonyl (C=O) groups excluding carboxylic acids is 1. The summed E-state index contributed by atoms with van der Waals surface area (Å²) in [5, 5.41) is 2.69. The highest BCUT2D eigenvalue weighted by Gasteiger charge is 2.29. The molecule has 8 heteroatoms. The fourth-order valence-corrected chi connectivity index (χ4v) is 3.31. The highest BCUT2D eigenvalue weighted by molar-refractivity contribution is 5.95. The Bertz CT molecular complexity index is 1320. The summed E-state index contributed by atoms with van der Waals surface area (Å²) in [4.78, 5) is 18.9. The minimum atomic E-state index is -4.39. The molecule has 4 aromatic rings. The molecule has 0 unspecified atom stereocenters. The zero-order valence-corrected chi connectivity index (χ0v) is 16.8. The van der Waals surface area contributed by atoms with Gasteiger partial charge in [-0.3, -0.25) is 4.79 Å². The third kappa shape index (κ3) is 4.54. The summed E-state index contributed by atoms with van der Waals surface area (Å²) >= 11 is 0. The molecule has 3 aromatic carbocycles. The number of H-pyrrole nitrogens is 1. The van der Waals surface area contributed by atoms with E-state index >= 15 is 0 Å². The number of halogens is 4. The molecule has 2 N–H and O–H groups in total. The Morgan fingerprint density at radius 3 is 2.41 bits per heavy atom. The summed E-state index contributed by atoms with van der Waals surface area (Å²) in [6.45, 7) is 1.37. The van der Waals surface area contributed by atoms with E-state index in [0.29, 0.717) is 33.7 Å². The standard InChI is InChI=1S/C24H17F4N3O/c1-14(32)29-20-5-3-2-4-17(20)18-12-21-22(13-19(18)25)31-23(30-21)11-8-15-6-9-16(10-7-15)24(26,27)28/h2-13H,1H3,(H,29,32)(H,30,31)/b11-8+. The van der Waals surface area contributed by atoms with Crippen molar-refractivity contribution in [2.75, 3.05) is 5.32 Å². The fourth-order valence-electron chi connectivity index (χ4n) is 3.31. The van der Waals surface area contributed by atoms with Gasteiger partial charge in [0.1, 0.15) is 11.6 Å². The molecular formula is C24H17F4N3O. The predicted molar refractivity (Wildman–Crippen MR) is 116 cm³/mol. The molecule has 32 heavy (non-hydrogen) atoms. The lowest BCUT2D eigenvalue weighted by molar-refractivity contribution is -0.137. The molecule has 0 aliphatic heterocycles. The summed E-state index contributed by atoms with van der Waals surface area (Å²) in [5.41, 5.74) is 2.10. The summed E-state index contributed by atoms with van der Waals surface area (Å²) < 4.78 is 52.9. The second-order valence-electron chi connectivity index (χ2n) is 7.15. The molecule has 0 bridgehead atoms. The first-order chi connectivity index (χ1) is 15.2. The van der Waals surface area contributed by atoms with E-state index in [-0.39, 0.29) is 11.5 Å². The van der Waals surface area contributed by atoms with Gasteiger partial charge in [0.05, 0.1) is 16.6 Å². The highest BCUT2D eigenvalue weighted by atomic mass is 19.4. The Hall–Kier alpha value is -3.94. The van der Waals surface area contributed by atoms with Crippen LogP contribution in [0.25, 0.3) is 34.3 Å². The number of nitrogens with one attached hydrogen (secondary N) is 2. The van der Waals surface area contributed by atoms with E-state index in [9.17, 15) is 22.4 Å². The van der Waals surface area contributed by atoms with E-state index < -0.39 is 17.6 Å². The molecule has 0 aliphatic rings. The number of anilines is 1. The first-order valence-corrected chi connectivity index (χ1v) is 9.62. The lowest BCUT2D eigenvalue weighted by atomic mass is 10.0. The minimum Gasteiger partial charge on any atom is -0.338 e. The molecule has 162 valence electrons. The third-order valence-electron chi connectivity index (χ3n) is 4.79. The van der Waals surface area contributed by atoms with E-state index in [1.807, 2.05) is 0 Å². The summed E-state index contributed by atoms with van der Waals surface area (Å²) in [6, 6.07) is 14.5. The van der Waals surface area contributed by atoms with Crippen LogP contribution in [0.2, 0.25) is 0 Å². The van der Waals surface area contributed by atoms with E-state index in [0.717, 1.165) is 12.1 Å². The lowest BCUT2D eigenvalue weighted by Crippen LogP contribution is -2.07. The molecule has 1 heterocycles. The van der Waals surface area contributed by atoms with Crippen molar-refractivity contribution in [2.45, 2.75) is 13.1 Å². The van der Waals surface area contributed by atoms with Crippen LogP contribution in [0, 0.1) is 5.82 Å². The molecule has 0 atom stereocenters. The summed E-state index contributed by atoms with van der Waals surface area (Å²) in [5.74, 6) is -0.335. The highest BCUT2D eigenvalue weighted by Crippen LogP contribution is 2.33. The van der Waals surface area contributed by atoms with Gasteiger partial charge in [0, 0.05) is 29.8 Å². The Labute approximate surface area is 180 Å². The monoisotopic (exact) mass is 439 g/mol. The average Bonchev–Trinajstić information content (AvgIpc) is 3.13. The van der Waals surface area contributed by atoms with Crippen LogP contribution in [0.15, 0.2) is 60.7 Å². The largest absolute Gasteiger partial charge is 0.416 e. The number of nitrogens with zero attached hydrogens (tertiary/aromatic N) is 1. The van der Waals surface area contributed by atoms with E-state index in [1.54, 1.807) is 42.5 Å². The second kappa shape index (κ2) is 8.30. The van der Waals surface area contributed by atoms with Gasteiger partial charge in [0.2, 0.25) is 5.91 Å². The SMILES string of the molecule is CC(=O)Nc1ccccc1-c1cc2nc(/C=C/c3ccc(C(F)(F)F)cc3)[nH]c2cc1F. The minimum absolute atomic E-state index is 0.269. The van der Waals surface area contributed by atoms with Crippen molar-refractivity contribution in [2.24, 2.45) is 0 Å². The number of fused-ring (bicyclic) bond motifs is 1. The topological polar surface area (TPSA) is 57.8 Å². The smallest absolute Gasteiger partial charge is 0.338 e. The van der Waals surface area contributed by atoms with Gasteiger partial charge in [0.15, 0.2) is 0 Å². The van der Waals surface area contributed by atoms with Gasteiger partial charge >= 0.3 is 6.18 Å². The number of aromatic nitrogens is 2. The Morgan fingerprint density at radius 1 is 1.00 bits per heavy atom. The van der Waals surface area contributed by atoms with Gasteiger partial charge in [-0.15, -0.1) is 0 Å². The molecule has 0 saturated carbocycles. The van der Waals surface area contributed by atoms with E-state index in [4.69, 9.17) is 0 Å². The first-order valence-electron chi connectivity index (χ1n) is 9.62. The number of hydrogen-bond acceptors (Lipinski definition) is 2. The van der Waals surface area contributed by atoms with E-state index in [1.165, 1.54) is 25.1 Å². The molecule has 0 fully saturated rings. The lowest BCUT2D eigenvalue weighted by Gasteiger charge is -2.10. The zero-order chi connectivity index (χ0) is 22.9. The van der Waals surface area contributed by atoms with Gasteiger partial charge in [-0.1, -0.05) is 36.4 Å². The first kappa shape index (κ1) is 21.3. The zero-order valence-electron chi connectivity index (χ0n) is 16.8. The van der Waals surface area contributed by atoms with Crippen LogP contribution in [0.3, 0.4) is 0 Å². The number of benzene rings is 3. The number of alkyl halides is 3. The van der Waals surface area contributed by atoms with Gasteiger partial charge in [0.25, 0.3) is 0 Å². The number of rotatable bonds is 4. The molecular weight excluding hydrogens is 422 g/mol. The van der Waals surface area contributed by atoms with Crippen LogP contribution in [-0.2, 0) is 11.0 Å². The second-order valence-corrected chi connectivity index (χ2v) is 7.15. The van der Waals surface area contributed by atoms with Crippen molar-refractivity contribution in [3.8, 4) is 11.1 Å². The molecule has 0 radical (unpaired) electrons. The average molecular weight is 439 g/mol. The molecule has 1 aromatic heterocycles. The quantitative estimate of drug-likeness (QED) is 0.356. The normalized spacial score (nSPS) is 11.9. The molecule has 4 rings (SSSR count). The van der Waals surface area contributed by atoms with Gasteiger partial charge < -0.3 is 10.3 Å². The van der Waals surface area contributed by atoms with Crippen LogP contribution in [0.1, 0.15) is 23.9 Å². The third-order valence-corrected chi connectivity index (χ3v) is 4.79. The number of para-hydroxylation sites is 1. The van der Waals surface area contributed by atoms with Crippen LogP contribution in [0.4, 0.5) is 23.2 Å². The van der Waals surface area contributed by atoms with Crippen LogP contribution >= 0.6 is 0 Å². The molecule has 4 nitrogen and oxygen atoms in total. The number of carbonyl (C=O) groups is 1. The molecule has 0 spiro atoms. The van der Waals surface area contributed by atoms with Crippen LogP contribution in [-0.4, -0.2) is 15.9 Å². The molecule has 0 saturated heterocycles. The van der Waals surface area contributed by atoms with Crippen LogP contribution in [0.5, 0.6) is 0 Å². The number of hydrogen-bond donors (Lipinski definition) is 2. The number of imidazole rings is 1. The molecule has 0 aliphatic carbocycles. The number of aromatic amines is 1. The van der Waals surface area contributed by atoms with Gasteiger partial charge in [-0.25, -0.2) is 9.37 Å². The maximum Gasteiger partial charge on any atom is 0.416 e. The number of amides is 1. The Kier molecular flexibility index (Phi) is 5.52. The van der Waals surface area contributed by atoms with Crippen LogP contribution < -0.4 is 5.32 Å². The molecule has 1 amide bonds. The fraction of sp³-hybridized carbons (Fsp3) is 0.0833. The van der Waals surface area contributed by atoms with Gasteiger partial charge in [-0.2, -0.15) is 13.2 Å². The predicted octanol–water partition coefficient (Wildman–Crippen LogP) is 6.52. The van der Waals surface area contributed by atoms with Crippen molar-refractivity contribution in [3.05, 3.63) is 83.4 Å². The van der Waals surface area contributed by atoms with E-state index in [2.05, 4.69) is 15.3 Å². The summed E-state index contributed by atoms with van der Waals surface area (Å²) in [7, 11) is 0. The maximum atomic E-state index is 14.8. The van der Waals surface area contributed by atoms with Crippen molar-refractivity contribution in [1.82, 2.24) is 9.97 Å².